The molecule has 3 aromatic rings. The van der Waals surface area contributed by atoms with E-state index >= 15 is 0 Å². The van der Waals surface area contributed by atoms with E-state index in [0.29, 0.717) is 17.8 Å². The number of carbonyl (C=O) groups is 2. The Hall–Kier alpha value is -3.54. The highest BCUT2D eigenvalue weighted by Crippen LogP contribution is 2.18. The largest absolute Gasteiger partial charge is 0.467 e. The van der Waals surface area contributed by atoms with Crippen molar-refractivity contribution in [3.8, 4) is 0 Å². The molecule has 0 aliphatic rings. The van der Waals surface area contributed by atoms with Crippen LogP contribution >= 0.6 is 0 Å². The average Bonchev–Trinajstić information content (AvgIpc) is 3.26. The average molecular weight is 406 g/mol. The minimum atomic E-state index is -0.563. The van der Waals surface area contributed by atoms with Gasteiger partial charge >= 0.3 is 5.97 Å². The fourth-order valence-electron chi connectivity index (χ4n) is 3.02. The van der Waals surface area contributed by atoms with E-state index in [1.807, 2.05) is 51.1 Å². The van der Waals surface area contributed by atoms with Gasteiger partial charge < -0.3 is 19.8 Å². The third-order valence-electron chi connectivity index (χ3n) is 4.92. The molecule has 0 saturated carbocycles. The van der Waals surface area contributed by atoms with E-state index in [2.05, 4.69) is 10.6 Å². The van der Waals surface area contributed by atoms with Gasteiger partial charge in [0.2, 0.25) is 0 Å². The second-order valence-electron chi connectivity index (χ2n) is 7.19. The van der Waals surface area contributed by atoms with Crippen LogP contribution in [0.3, 0.4) is 0 Å². The highest BCUT2D eigenvalue weighted by molar-refractivity contribution is 5.96. The molecule has 3 rings (SSSR count). The lowest BCUT2D eigenvalue weighted by Gasteiger charge is -2.16. The second kappa shape index (κ2) is 9.78. The number of anilines is 1. The Labute approximate surface area is 176 Å². The molecule has 2 N–H and O–H groups in total. The number of nitrogens with one attached hydrogen (secondary N) is 2. The van der Waals surface area contributed by atoms with Crippen LogP contribution in [-0.2, 0) is 16.1 Å². The zero-order chi connectivity index (χ0) is 21.5. The maximum atomic E-state index is 12.5. The number of amides is 1. The molecule has 0 unspecified atom stereocenters. The lowest BCUT2D eigenvalue weighted by molar-refractivity contribution is -0.124. The van der Waals surface area contributed by atoms with Crippen LogP contribution in [0.1, 0.15) is 45.8 Å². The molecule has 30 heavy (non-hydrogen) atoms. The molecule has 0 aliphatic heterocycles. The molecule has 0 radical (unpaired) electrons. The number of hydrogen-bond acceptors (Lipinski definition) is 5. The normalized spacial score (nSPS) is 11.6. The predicted octanol–water partition coefficient (Wildman–Crippen LogP) is 4.54. The van der Waals surface area contributed by atoms with Gasteiger partial charge in [0.1, 0.15) is 5.76 Å². The first-order valence-electron chi connectivity index (χ1n) is 9.83. The third kappa shape index (κ3) is 5.50. The summed E-state index contributed by atoms with van der Waals surface area (Å²) >= 11 is 0. The molecule has 6 heteroatoms. The monoisotopic (exact) mass is 406 g/mol. The minimum Gasteiger partial charge on any atom is -0.467 e. The fourth-order valence-corrected chi connectivity index (χ4v) is 3.02. The second-order valence-corrected chi connectivity index (χ2v) is 7.19. The standard InChI is InChI=1S/C24H26N2O4/c1-16-10-11-19(13-17(16)2)18(3)26-23(27)15-30-24(28)21-8-4-5-9-22(21)25-14-20-7-6-12-29-20/h4-13,18,25H,14-15H2,1-3H3,(H,26,27)/t18-/m1/s1. The Balaban J connectivity index is 1.54. The Morgan fingerprint density at radius 2 is 1.83 bits per heavy atom. The lowest BCUT2D eigenvalue weighted by atomic mass is 10.0. The van der Waals surface area contributed by atoms with Crippen LogP contribution in [-0.4, -0.2) is 18.5 Å². The van der Waals surface area contributed by atoms with Gasteiger partial charge in [-0.15, -0.1) is 0 Å². The molecule has 0 aliphatic carbocycles. The summed E-state index contributed by atoms with van der Waals surface area (Å²) in [5, 5.41) is 6.02. The number of rotatable bonds is 8. The number of aryl methyl sites for hydroxylation is 2. The van der Waals surface area contributed by atoms with Gasteiger partial charge in [-0.05, 0) is 61.7 Å². The Kier molecular flexibility index (Phi) is 6.91. The summed E-state index contributed by atoms with van der Waals surface area (Å²) in [5.41, 5.74) is 4.34. The van der Waals surface area contributed by atoms with Gasteiger partial charge in [0, 0.05) is 5.69 Å². The first-order chi connectivity index (χ1) is 14.4. The Bertz CT molecular complexity index is 1010. The summed E-state index contributed by atoms with van der Waals surface area (Å²) in [6, 6.07) is 16.5. The van der Waals surface area contributed by atoms with Gasteiger partial charge in [0.15, 0.2) is 6.61 Å². The molecule has 0 spiro atoms. The molecule has 1 amide bonds. The molecule has 1 heterocycles. The summed E-state index contributed by atoms with van der Waals surface area (Å²) in [4.78, 5) is 24.8. The van der Waals surface area contributed by atoms with Crippen molar-refractivity contribution < 1.29 is 18.7 Å². The van der Waals surface area contributed by atoms with Crippen molar-refractivity contribution in [3.63, 3.8) is 0 Å². The van der Waals surface area contributed by atoms with E-state index in [-0.39, 0.29) is 18.6 Å². The van der Waals surface area contributed by atoms with Crippen LogP contribution in [0, 0.1) is 13.8 Å². The topological polar surface area (TPSA) is 80.6 Å². The van der Waals surface area contributed by atoms with Crippen LogP contribution in [0.25, 0.3) is 0 Å². The van der Waals surface area contributed by atoms with Crippen LogP contribution in [0.2, 0.25) is 0 Å². The molecule has 0 saturated heterocycles. The third-order valence-corrected chi connectivity index (χ3v) is 4.92. The Morgan fingerprint density at radius 3 is 2.57 bits per heavy atom. The van der Waals surface area contributed by atoms with E-state index in [1.165, 1.54) is 11.1 Å². The van der Waals surface area contributed by atoms with Crippen LogP contribution < -0.4 is 10.6 Å². The molecular formula is C24H26N2O4. The first kappa shape index (κ1) is 21.2. The summed E-state index contributed by atoms with van der Waals surface area (Å²) in [6.07, 6.45) is 1.59. The number of furan rings is 1. The van der Waals surface area contributed by atoms with E-state index < -0.39 is 5.97 Å². The molecule has 2 aromatic carbocycles. The number of para-hydroxylation sites is 1. The van der Waals surface area contributed by atoms with Crippen molar-refractivity contribution in [2.24, 2.45) is 0 Å². The van der Waals surface area contributed by atoms with Crippen molar-refractivity contribution in [2.45, 2.75) is 33.4 Å². The van der Waals surface area contributed by atoms with Gasteiger partial charge in [-0.25, -0.2) is 4.79 Å². The van der Waals surface area contributed by atoms with Gasteiger partial charge in [-0.2, -0.15) is 0 Å². The van der Waals surface area contributed by atoms with Crippen molar-refractivity contribution in [3.05, 3.63) is 88.9 Å². The van der Waals surface area contributed by atoms with Crippen molar-refractivity contribution in [2.75, 3.05) is 11.9 Å². The summed E-state index contributed by atoms with van der Waals surface area (Å²) in [7, 11) is 0. The SMILES string of the molecule is Cc1ccc([C@@H](C)NC(=O)COC(=O)c2ccccc2NCc2ccco2)cc1C. The molecule has 156 valence electrons. The Morgan fingerprint density at radius 1 is 1.03 bits per heavy atom. The van der Waals surface area contributed by atoms with Crippen LogP contribution in [0.5, 0.6) is 0 Å². The van der Waals surface area contributed by atoms with Crippen LogP contribution in [0.15, 0.2) is 65.3 Å². The predicted molar refractivity (Wildman–Crippen MR) is 115 cm³/mol. The highest BCUT2D eigenvalue weighted by atomic mass is 16.5. The van der Waals surface area contributed by atoms with Crippen molar-refractivity contribution in [1.29, 1.82) is 0 Å². The minimum absolute atomic E-state index is 0.183. The van der Waals surface area contributed by atoms with Crippen molar-refractivity contribution >= 4 is 17.6 Å². The molecule has 1 aromatic heterocycles. The maximum Gasteiger partial charge on any atom is 0.340 e. The van der Waals surface area contributed by atoms with Gasteiger partial charge in [-0.3, -0.25) is 4.79 Å². The quantitative estimate of drug-likeness (QED) is 0.537. The molecular weight excluding hydrogens is 380 g/mol. The maximum absolute atomic E-state index is 12.5. The van der Waals surface area contributed by atoms with Crippen LogP contribution in [0.4, 0.5) is 5.69 Å². The molecule has 0 bridgehead atoms. The zero-order valence-corrected chi connectivity index (χ0v) is 17.4. The van der Waals surface area contributed by atoms with Gasteiger partial charge in [0.25, 0.3) is 5.91 Å². The summed E-state index contributed by atoms with van der Waals surface area (Å²) < 4.78 is 10.5. The number of benzene rings is 2. The lowest BCUT2D eigenvalue weighted by Crippen LogP contribution is -2.31. The molecule has 1 atom stereocenters. The molecule has 6 nitrogen and oxygen atoms in total. The van der Waals surface area contributed by atoms with Crippen molar-refractivity contribution in [1.82, 2.24) is 5.32 Å². The van der Waals surface area contributed by atoms with E-state index in [4.69, 9.17) is 9.15 Å². The zero-order valence-electron chi connectivity index (χ0n) is 17.4. The smallest absolute Gasteiger partial charge is 0.340 e. The number of ether oxygens (including phenoxy) is 1. The van der Waals surface area contributed by atoms with Gasteiger partial charge in [-0.1, -0.05) is 30.3 Å². The summed E-state index contributed by atoms with van der Waals surface area (Å²) in [5.74, 6) is -0.167. The number of hydrogen-bond donors (Lipinski definition) is 2. The number of carbonyl (C=O) groups excluding carboxylic acids is 2. The first-order valence-corrected chi connectivity index (χ1v) is 9.83. The van der Waals surface area contributed by atoms with E-state index in [1.54, 1.807) is 30.5 Å². The van der Waals surface area contributed by atoms with E-state index in [9.17, 15) is 9.59 Å². The number of esters is 1. The summed E-state index contributed by atoms with van der Waals surface area (Å²) in [6.45, 7) is 6.07. The molecule has 0 fully saturated rings. The highest BCUT2D eigenvalue weighted by Gasteiger charge is 2.16. The fraction of sp³-hybridized carbons (Fsp3) is 0.250. The van der Waals surface area contributed by atoms with E-state index in [0.717, 1.165) is 11.3 Å². The van der Waals surface area contributed by atoms with Gasteiger partial charge in [0.05, 0.1) is 24.4 Å².